The normalized spacial score (nSPS) is 14.8. The smallest absolute Gasteiger partial charge is 0.317 e. The molecule has 8 heteroatoms. The Balaban J connectivity index is 1.24. The molecule has 1 aliphatic heterocycles. The average Bonchev–Trinajstić information content (AvgIpc) is 3.11. The van der Waals surface area contributed by atoms with Crippen molar-refractivity contribution in [3.63, 3.8) is 0 Å². The molecular formula is C22H28N6O2. The molecule has 0 atom stereocenters. The third-order valence-electron chi connectivity index (χ3n) is 5.57. The van der Waals surface area contributed by atoms with Gasteiger partial charge < -0.3 is 19.5 Å². The standard InChI is InChI=1S/C22H28N6O2/c1-17-25-20-7-4-8-23-21(20)28(17)14-11-26-9-12-27(13-10-26)22(29)24-16-18-5-3-6-19(15-18)30-2/h3-8,15H,9-14,16H2,1-2H3,(H,24,29). The summed E-state index contributed by atoms with van der Waals surface area (Å²) in [7, 11) is 1.64. The van der Waals surface area contributed by atoms with Crippen molar-refractivity contribution in [2.24, 2.45) is 0 Å². The van der Waals surface area contributed by atoms with E-state index in [2.05, 4.69) is 24.8 Å². The van der Waals surface area contributed by atoms with Crippen LogP contribution >= 0.6 is 0 Å². The van der Waals surface area contributed by atoms with Crippen molar-refractivity contribution in [3.8, 4) is 5.75 Å². The Morgan fingerprint density at radius 2 is 1.97 bits per heavy atom. The molecule has 2 aromatic heterocycles. The fourth-order valence-corrected chi connectivity index (χ4v) is 3.83. The van der Waals surface area contributed by atoms with Crippen LogP contribution in [0.4, 0.5) is 4.79 Å². The number of carbonyl (C=O) groups is 1. The van der Waals surface area contributed by atoms with Gasteiger partial charge in [0.05, 0.1) is 7.11 Å². The van der Waals surface area contributed by atoms with Crippen LogP contribution in [0.15, 0.2) is 42.6 Å². The molecule has 0 spiro atoms. The lowest BCUT2D eigenvalue weighted by Gasteiger charge is -2.34. The second-order valence-electron chi connectivity index (χ2n) is 7.50. The first-order chi connectivity index (χ1) is 14.6. The van der Waals surface area contributed by atoms with Crippen LogP contribution in [-0.4, -0.2) is 70.2 Å². The minimum Gasteiger partial charge on any atom is -0.497 e. The maximum atomic E-state index is 12.5. The molecule has 1 saturated heterocycles. The predicted molar refractivity (Wildman–Crippen MR) is 116 cm³/mol. The zero-order valence-electron chi connectivity index (χ0n) is 17.5. The van der Waals surface area contributed by atoms with Gasteiger partial charge in [-0.2, -0.15) is 0 Å². The molecule has 1 aromatic carbocycles. The van der Waals surface area contributed by atoms with E-state index in [1.165, 1.54) is 0 Å². The van der Waals surface area contributed by atoms with Crippen molar-refractivity contribution in [2.75, 3.05) is 39.8 Å². The van der Waals surface area contributed by atoms with Crippen LogP contribution in [0.2, 0.25) is 0 Å². The van der Waals surface area contributed by atoms with Crippen molar-refractivity contribution in [1.29, 1.82) is 0 Å². The number of amides is 2. The van der Waals surface area contributed by atoms with Gasteiger partial charge in [0.25, 0.3) is 0 Å². The second-order valence-corrected chi connectivity index (χ2v) is 7.50. The minimum atomic E-state index is -0.0156. The molecule has 30 heavy (non-hydrogen) atoms. The second kappa shape index (κ2) is 9.13. The van der Waals surface area contributed by atoms with Crippen molar-refractivity contribution in [1.82, 2.24) is 29.7 Å². The topological polar surface area (TPSA) is 75.5 Å². The van der Waals surface area contributed by atoms with E-state index >= 15 is 0 Å². The summed E-state index contributed by atoms with van der Waals surface area (Å²) in [6, 6.07) is 11.6. The van der Waals surface area contributed by atoms with Crippen LogP contribution in [0, 0.1) is 6.92 Å². The number of aryl methyl sites for hydroxylation is 1. The SMILES string of the molecule is COc1cccc(CNC(=O)N2CCN(CCn3c(C)nc4cccnc43)CC2)c1. The maximum absolute atomic E-state index is 12.5. The van der Waals surface area contributed by atoms with E-state index in [0.29, 0.717) is 6.54 Å². The molecule has 3 aromatic rings. The Labute approximate surface area is 176 Å². The van der Waals surface area contributed by atoms with Gasteiger partial charge in [-0.25, -0.2) is 14.8 Å². The van der Waals surface area contributed by atoms with Crippen molar-refractivity contribution in [2.45, 2.75) is 20.0 Å². The summed E-state index contributed by atoms with van der Waals surface area (Å²) < 4.78 is 7.40. The first kappa shape index (κ1) is 20.2. The van der Waals surface area contributed by atoms with Crippen LogP contribution in [0.5, 0.6) is 5.75 Å². The largest absolute Gasteiger partial charge is 0.497 e. The molecule has 1 fully saturated rings. The number of nitrogens with one attached hydrogen (secondary N) is 1. The van der Waals surface area contributed by atoms with Gasteiger partial charge in [-0.1, -0.05) is 12.1 Å². The van der Waals surface area contributed by atoms with Gasteiger partial charge in [0.1, 0.15) is 17.1 Å². The van der Waals surface area contributed by atoms with Gasteiger partial charge in [-0.05, 0) is 36.8 Å². The number of carbonyl (C=O) groups excluding carboxylic acids is 1. The number of hydrogen-bond acceptors (Lipinski definition) is 5. The Kier molecular flexibility index (Phi) is 6.13. The Bertz CT molecular complexity index is 1010. The summed E-state index contributed by atoms with van der Waals surface area (Å²) in [4.78, 5) is 25.8. The number of fused-ring (bicyclic) bond motifs is 1. The molecule has 0 aliphatic carbocycles. The molecule has 1 N–H and O–H groups in total. The maximum Gasteiger partial charge on any atom is 0.317 e. The third kappa shape index (κ3) is 4.54. The number of benzene rings is 1. The van der Waals surface area contributed by atoms with Crippen LogP contribution < -0.4 is 10.1 Å². The Morgan fingerprint density at radius 3 is 2.77 bits per heavy atom. The number of hydrogen-bond donors (Lipinski definition) is 1. The number of urea groups is 1. The number of pyridine rings is 1. The molecule has 0 bridgehead atoms. The fraction of sp³-hybridized carbons (Fsp3) is 0.409. The highest BCUT2D eigenvalue weighted by molar-refractivity contribution is 5.74. The lowest BCUT2D eigenvalue weighted by atomic mass is 10.2. The van der Waals surface area contributed by atoms with Crippen LogP contribution in [0.25, 0.3) is 11.2 Å². The molecule has 0 unspecified atom stereocenters. The zero-order chi connectivity index (χ0) is 20.9. The zero-order valence-corrected chi connectivity index (χ0v) is 17.5. The lowest BCUT2D eigenvalue weighted by Crippen LogP contribution is -2.52. The van der Waals surface area contributed by atoms with E-state index in [1.807, 2.05) is 54.4 Å². The predicted octanol–water partition coefficient (Wildman–Crippen LogP) is 2.28. The number of rotatable bonds is 6. The van der Waals surface area contributed by atoms with E-state index in [-0.39, 0.29) is 6.03 Å². The fourth-order valence-electron chi connectivity index (χ4n) is 3.83. The monoisotopic (exact) mass is 408 g/mol. The number of piperazine rings is 1. The van der Waals surface area contributed by atoms with Crippen molar-refractivity contribution in [3.05, 3.63) is 54.0 Å². The quantitative estimate of drug-likeness (QED) is 0.677. The van der Waals surface area contributed by atoms with Crippen LogP contribution in [0.1, 0.15) is 11.4 Å². The first-order valence-electron chi connectivity index (χ1n) is 10.3. The number of ether oxygens (including phenoxy) is 1. The summed E-state index contributed by atoms with van der Waals surface area (Å²) in [5.74, 6) is 1.78. The van der Waals surface area contributed by atoms with Gasteiger partial charge in [0.15, 0.2) is 5.65 Å². The van der Waals surface area contributed by atoms with Gasteiger partial charge in [0.2, 0.25) is 0 Å². The van der Waals surface area contributed by atoms with E-state index in [0.717, 1.165) is 67.6 Å². The Morgan fingerprint density at radius 1 is 1.13 bits per heavy atom. The first-order valence-corrected chi connectivity index (χ1v) is 10.3. The highest BCUT2D eigenvalue weighted by Gasteiger charge is 2.21. The minimum absolute atomic E-state index is 0.0156. The molecule has 0 saturated carbocycles. The van der Waals surface area contributed by atoms with E-state index in [1.54, 1.807) is 7.11 Å². The van der Waals surface area contributed by atoms with Crippen LogP contribution in [0.3, 0.4) is 0 Å². The molecule has 1 aliphatic rings. The summed E-state index contributed by atoms with van der Waals surface area (Å²) in [6.07, 6.45) is 1.81. The highest BCUT2D eigenvalue weighted by atomic mass is 16.5. The summed E-state index contributed by atoms with van der Waals surface area (Å²) in [5, 5.41) is 3.01. The van der Waals surface area contributed by atoms with Gasteiger partial charge in [-0.3, -0.25) is 4.90 Å². The summed E-state index contributed by atoms with van der Waals surface area (Å²) in [5.41, 5.74) is 2.90. The lowest BCUT2D eigenvalue weighted by molar-refractivity contribution is 0.136. The molecule has 3 heterocycles. The molecule has 158 valence electrons. The number of nitrogens with zero attached hydrogens (tertiary/aromatic N) is 5. The highest BCUT2D eigenvalue weighted by Crippen LogP contribution is 2.14. The van der Waals surface area contributed by atoms with Crippen molar-refractivity contribution >= 4 is 17.2 Å². The number of aromatic nitrogens is 3. The molecule has 0 radical (unpaired) electrons. The molecular weight excluding hydrogens is 380 g/mol. The van der Waals surface area contributed by atoms with E-state index < -0.39 is 0 Å². The van der Waals surface area contributed by atoms with Gasteiger partial charge in [-0.15, -0.1) is 0 Å². The summed E-state index contributed by atoms with van der Waals surface area (Å²) in [6.45, 7) is 7.47. The van der Waals surface area contributed by atoms with Gasteiger partial charge >= 0.3 is 6.03 Å². The van der Waals surface area contributed by atoms with Crippen molar-refractivity contribution < 1.29 is 9.53 Å². The van der Waals surface area contributed by atoms with E-state index in [9.17, 15) is 4.79 Å². The van der Waals surface area contributed by atoms with Crippen LogP contribution in [-0.2, 0) is 13.1 Å². The van der Waals surface area contributed by atoms with E-state index in [4.69, 9.17) is 4.74 Å². The number of methoxy groups -OCH3 is 1. The molecule has 4 rings (SSSR count). The Hall–Kier alpha value is -3.13. The van der Waals surface area contributed by atoms with Gasteiger partial charge in [0, 0.05) is 52.0 Å². The molecule has 8 nitrogen and oxygen atoms in total. The number of imidazole rings is 1. The molecule has 2 amide bonds. The average molecular weight is 409 g/mol. The summed E-state index contributed by atoms with van der Waals surface area (Å²) >= 11 is 0. The third-order valence-corrected chi connectivity index (χ3v) is 5.57.